The summed E-state index contributed by atoms with van der Waals surface area (Å²) >= 11 is 0. The fraction of sp³-hybridized carbons (Fsp3) is 0.571. The number of primary amides is 1. The van der Waals surface area contributed by atoms with Gasteiger partial charge in [0.1, 0.15) is 23.3 Å². The molecule has 0 radical (unpaired) electrons. The van der Waals surface area contributed by atoms with Crippen LogP contribution >= 0.6 is 0 Å². The first-order chi connectivity index (χ1) is 22.4. The normalized spacial score (nSPS) is 27.0. The number of methoxy groups -OCH3 is 3. The third-order valence-electron chi connectivity index (χ3n) is 8.80. The van der Waals surface area contributed by atoms with Crippen LogP contribution in [-0.4, -0.2) is 98.7 Å². The van der Waals surface area contributed by atoms with Gasteiger partial charge in [0.15, 0.2) is 6.10 Å². The summed E-state index contributed by atoms with van der Waals surface area (Å²) in [7, 11) is 4.72. The minimum Gasteiger partial charge on any atom is -0.506 e. The minimum absolute atomic E-state index is 0.0686. The lowest BCUT2D eigenvalue weighted by atomic mass is 9.87. The average molecular weight is 657 g/mol. The van der Waals surface area contributed by atoms with Gasteiger partial charge >= 0.3 is 6.09 Å². The first-order valence-electron chi connectivity index (χ1n) is 16.1. The van der Waals surface area contributed by atoms with Crippen molar-refractivity contribution in [1.29, 1.82) is 0 Å². The van der Waals surface area contributed by atoms with E-state index in [1.807, 2.05) is 26.8 Å². The van der Waals surface area contributed by atoms with Crippen LogP contribution in [0.15, 0.2) is 46.5 Å². The number of benzene rings is 1. The molecule has 1 fully saturated rings. The Kier molecular flexibility index (Phi) is 14.5. The Morgan fingerprint density at radius 3 is 2.45 bits per heavy atom. The number of allylic oxidation sites excluding steroid dienone is 2. The van der Waals surface area contributed by atoms with Gasteiger partial charge in [0.05, 0.1) is 17.9 Å². The van der Waals surface area contributed by atoms with E-state index in [1.54, 1.807) is 45.6 Å². The first kappa shape index (κ1) is 37.7. The van der Waals surface area contributed by atoms with Gasteiger partial charge in [-0.1, -0.05) is 38.2 Å². The van der Waals surface area contributed by atoms with Gasteiger partial charge in [-0.25, -0.2) is 4.79 Å². The first-order valence-corrected chi connectivity index (χ1v) is 16.1. The van der Waals surface area contributed by atoms with Crippen molar-refractivity contribution in [3.8, 4) is 11.5 Å². The topological polar surface area (TPSA) is 165 Å². The van der Waals surface area contributed by atoms with E-state index in [-0.39, 0.29) is 46.9 Å². The van der Waals surface area contributed by atoms with E-state index in [0.29, 0.717) is 36.1 Å². The molecular formula is C35H52N4O8. The maximum Gasteiger partial charge on any atom is 0.405 e. The van der Waals surface area contributed by atoms with Crippen LogP contribution in [0, 0.1) is 11.8 Å². The molecule has 1 aromatic carbocycles. The number of carbonyl (C=O) groups excluding carboxylic acids is 2. The maximum atomic E-state index is 13.2. The molecule has 47 heavy (non-hydrogen) atoms. The Balaban J connectivity index is 2.11. The number of carbonyl (C=O) groups is 2. The fourth-order valence-electron chi connectivity index (χ4n) is 6.30. The van der Waals surface area contributed by atoms with Crippen LogP contribution in [0.3, 0.4) is 0 Å². The number of aliphatic imine (C=N–C) groups is 1. The summed E-state index contributed by atoms with van der Waals surface area (Å²) in [6.45, 7) is 10.1. The number of phenolic OH excluding ortho intramolecular Hbond substituents is 2. The Morgan fingerprint density at radius 2 is 1.83 bits per heavy atom. The molecule has 12 heteroatoms. The van der Waals surface area contributed by atoms with Crippen LogP contribution < -0.4 is 11.1 Å². The van der Waals surface area contributed by atoms with Gasteiger partial charge in [-0.2, -0.15) is 0 Å². The zero-order chi connectivity index (χ0) is 34.7. The second kappa shape index (κ2) is 18.0. The monoisotopic (exact) mass is 656 g/mol. The van der Waals surface area contributed by atoms with Gasteiger partial charge < -0.3 is 40.2 Å². The number of nitrogens with zero attached hydrogens (tertiary/aromatic N) is 2. The van der Waals surface area contributed by atoms with Crippen molar-refractivity contribution in [2.24, 2.45) is 22.6 Å². The number of hydrogen-bond donors (Lipinski definition) is 4. The number of ether oxygens (including phenoxy) is 4. The zero-order valence-corrected chi connectivity index (χ0v) is 28.7. The Morgan fingerprint density at radius 1 is 1.13 bits per heavy atom. The summed E-state index contributed by atoms with van der Waals surface area (Å²) in [5.74, 6) is -1.06. The molecule has 0 aliphatic carbocycles. The van der Waals surface area contributed by atoms with Crippen molar-refractivity contribution in [1.82, 2.24) is 4.90 Å². The summed E-state index contributed by atoms with van der Waals surface area (Å²) in [5.41, 5.74) is 7.19. The lowest BCUT2D eigenvalue weighted by Crippen LogP contribution is -2.38. The molecule has 2 aliphatic heterocycles. The molecule has 1 unspecified atom stereocenters. The number of anilines is 1. The van der Waals surface area contributed by atoms with Crippen LogP contribution in [0.4, 0.5) is 16.2 Å². The van der Waals surface area contributed by atoms with Gasteiger partial charge in [-0.3, -0.25) is 14.7 Å². The Bertz CT molecular complexity index is 1350. The van der Waals surface area contributed by atoms with Gasteiger partial charge in [-0.15, -0.1) is 0 Å². The molecule has 12 nitrogen and oxygen atoms in total. The minimum atomic E-state index is -0.952. The number of aromatic hydroxyl groups is 2. The molecule has 1 aromatic rings. The van der Waals surface area contributed by atoms with E-state index in [1.165, 1.54) is 13.2 Å². The number of rotatable bonds is 7. The van der Waals surface area contributed by atoms with Crippen molar-refractivity contribution in [2.45, 2.75) is 77.8 Å². The second-order valence-corrected chi connectivity index (χ2v) is 12.5. The largest absolute Gasteiger partial charge is 0.506 e. The Hall–Kier alpha value is -3.71. The van der Waals surface area contributed by atoms with Crippen LogP contribution in [0.5, 0.6) is 11.5 Å². The molecule has 1 saturated heterocycles. The van der Waals surface area contributed by atoms with Crippen molar-refractivity contribution in [2.75, 3.05) is 46.3 Å². The molecule has 2 bridgehead atoms. The fourth-order valence-corrected chi connectivity index (χ4v) is 6.30. The third-order valence-corrected chi connectivity index (χ3v) is 8.80. The number of nitrogens with one attached hydrogen (secondary N) is 1. The predicted molar refractivity (Wildman–Crippen MR) is 182 cm³/mol. The zero-order valence-electron chi connectivity index (χ0n) is 28.7. The molecule has 2 heterocycles. The van der Waals surface area contributed by atoms with Crippen molar-refractivity contribution in [3.05, 3.63) is 47.1 Å². The van der Waals surface area contributed by atoms with E-state index in [2.05, 4.69) is 15.2 Å². The quantitative estimate of drug-likeness (QED) is 0.137. The van der Waals surface area contributed by atoms with Crippen LogP contribution in [0.2, 0.25) is 0 Å². The van der Waals surface area contributed by atoms with Crippen LogP contribution in [0.25, 0.3) is 0 Å². The molecule has 2 aliphatic rings. The average Bonchev–Trinajstić information content (AvgIpc) is 3.54. The predicted octanol–water partition coefficient (Wildman–Crippen LogP) is 5.01. The van der Waals surface area contributed by atoms with E-state index in [9.17, 15) is 19.8 Å². The van der Waals surface area contributed by atoms with Crippen molar-refractivity contribution >= 4 is 29.6 Å². The maximum absolute atomic E-state index is 13.2. The molecule has 0 aromatic heterocycles. The summed E-state index contributed by atoms with van der Waals surface area (Å²) < 4.78 is 23.0. The third kappa shape index (κ3) is 10.4. The second-order valence-electron chi connectivity index (χ2n) is 12.5. The van der Waals surface area contributed by atoms with E-state index >= 15 is 0 Å². The number of nitrogens with two attached hydrogens (primary N) is 1. The van der Waals surface area contributed by atoms with Gasteiger partial charge in [0.2, 0.25) is 0 Å². The Labute approximate surface area is 278 Å². The summed E-state index contributed by atoms with van der Waals surface area (Å²) in [6, 6.07) is 1.32. The standard InChI is InChI=1S/C35H52N4O8/c1-21-17-25-30(37-13-16-39-14-8-9-15-39)27(40)20-26(31(25)41)38-34(42)22(2)11-10-12-28(44-5)33(47-35(36)43)24(4)19-23(3)32(46-7)29(18-21)45-6/h10-13,19-21,23,28-29,32-33,40-41H,8-9,14-18H2,1-7H3,(H2,36,43)(H,38,42)/t21-,23+,28?,29+,32-,33+/m1/s1. The highest BCUT2D eigenvalue weighted by molar-refractivity contribution is 6.04. The summed E-state index contributed by atoms with van der Waals surface area (Å²) in [6.07, 6.45) is 8.44. The molecule has 2 amide bonds. The van der Waals surface area contributed by atoms with Crippen LogP contribution in [-0.2, 0) is 30.2 Å². The molecular weight excluding hydrogens is 604 g/mol. The van der Waals surface area contributed by atoms with Crippen LogP contribution in [0.1, 0.15) is 52.5 Å². The van der Waals surface area contributed by atoms with E-state index in [0.717, 1.165) is 25.9 Å². The molecule has 0 saturated carbocycles. The lowest BCUT2D eigenvalue weighted by Gasteiger charge is -2.32. The number of phenols is 2. The van der Waals surface area contributed by atoms with Crippen molar-refractivity contribution in [3.63, 3.8) is 0 Å². The lowest BCUT2D eigenvalue weighted by molar-refractivity contribution is -0.112. The van der Waals surface area contributed by atoms with Gasteiger partial charge in [0.25, 0.3) is 5.91 Å². The smallest absolute Gasteiger partial charge is 0.405 e. The highest BCUT2D eigenvalue weighted by Crippen LogP contribution is 2.44. The highest BCUT2D eigenvalue weighted by atomic mass is 16.6. The molecule has 260 valence electrons. The van der Waals surface area contributed by atoms with E-state index < -0.39 is 24.2 Å². The molecule has 3 rings (SSSR count). The highest BCUT2D eigenvalue weighted by Gasteiger charge is 2.31. The van der Waals surface area contributed by atoms with Crippen molar-refractivity contribution < 1.29 is 38.7 Å². The molecule has 6 atom stereocenters. The number of amides is 2. The van der Waals surface area contributed by atoms with Gasteiger partial charge in [-0.05, 0) is 64.1 Å². The summed E-state index contributed by atoms with van der Waals surface area (Å²) in [5, 5.41) is 25.4. The number of likely N-dealkylation sites (tertiary alicyclic amines) is 1. The number of fused-ring (bicyclic) bond motifs is 2. The molecule has 0 spiro atoms. The van der Waals surface area contributed by atoms with Gasteiger partial charge in [0, 0.05) is 57.2 Å². The number of hydrogen-bond acceptors (Lipinski definition) is 10. The van der Waals surface area contributed by atoms with E-state index in [4.69, 9.17) is 24.7 Å². The molecule has 5 N–H and O–H groups in total. The summed E-state index contributed by atoms with van der Waals surface area (Å²) in [4.78, 5) is 32.0. The SMILES string of the molecule is COC1C=CC=C(C)C(=O)Nc2cc(O)c(N=CCN3CCCC3)c(c2O)C[C@@H](C)C[C@H](OC)[C@H](OC)[C@@H](C)C=C(C)[C@@H]1OC(N)=O.